The molecule has 0 saturated carbocycles. The lowest BCUT2D eigenvalue weighted by Crippen LogP contribution is -2.54. The molecule has 114 valence electrons. The second kappa shape index (κ2) is 7.07. The maximum atomic E-state index is 12.6. The Bertz CT molecular complexity index is 351. The largest absolute Gasteiger partial charge is 0.393 e. The first-order valence-electron chi connectivity index (χ1n) is 7.89. The molecular weight excluding hydrogens is 256 g/mol. The Morgan fingerprint density at radius 3 is 2.45 bits per heavy atom. The highest BCUT2D eigenvalue weighted by Crippen LogP contribution is 2.22. The summed E-state index contributed by atoms with van der Waals surface area (Å²) >= 11 is 0. The van der Waals surface area contributed by atoms with Crippen molar-refractivity contribution < 1.29 is 14.7 Å². The maximum absolute atomic E-state index is 12.6. The van der Waals surface area contributed by atoms with E-state index in [1.54, 1.807) is 4.90 Å². The number of rotatable bonds is 3. The van der Waals surface area contributed by atoms with Gasteiger partial charge < -0.3 is 14.9 Å². The Hall–Kier alpha value is -1.10. The van der Waals surface area contributed by atoms with Crippen LogP contribution < -0.4 is 0 Å². The van der Waals surface area contributed by atoms with Crippen molar-refractivity contribution >= 4 is 11.8 Å². The Balaban J connectivity index is 1.99. The van der Waals surface area contributed by atoms with E-state index in [-0.39, 0.29) is 24.0 Å². The van der Waals surface area contributed by atoms with Gasteiger partial charge in [-0.05, 0) is 38.5 Å². The molecule has 0 spiro atoms. The average Bonchev–Trinajstić information content (AvgIpc) is 2.47. The molecule has 0 aromatic carbocycles. The van der Waals surface area contributed by atoms with E-state index in [0.29, 0.717) is 38.9 Å². The van der Waals surface area contributed by atoms with Gasteiger partial charge in [0.2, 0.25) is 11.8 Å². The Labute approximate surface area is 120 Å². The van der Waals surface area contributed by atoms with Gasteiger partial charge >= 0.3 is 0 Å². The monoisotopic (exact) mass is 282 g/mol. The molecule has 0 bridgehead atoms. The first-order chi connectivity index (χ1) is 9.63. The number of hydrogen-bond donors (Lipinski definition) is 1. The molecule has 2 fully saturated rings. The molecular formula is C15H26N2O3. The van der Waals surface area contributed by atoms with Crippen molar-refractivity contribution in [2.45, 2.75) is 64.0 Å². The summed E-state index contributed by atoms with van der Waals surface area (Å²) in [4.78, 5) is 28.4. The quantitative estimate of drug-likeness (QED) is 0.844. The minimum absolute atomic E-state index is 0.0843. The van der Waals surface area contributed by atoms with Crippen molar-refractivity contribution in [2.75, 3.05) is 19.6 Å². The van der Waals surface area contributed by atoms with E-state index in [1.807, 2.05) is 11.8 Å². The van der Waals surface area contributed by atoms with Gasteiger partial charge in [0.05, 0.1) is 6.10 Å². The number of aliphatic hydroxyl groups excluding tert-OH is 1. The molecule has 1 unspecified atom stereocenters. The van der Waals surface area contributed by atoms with Crippen LogP contribution in [-0.4, -0.2) is 58.5 Å². The van der Waals surface area contributed by atoms with Gasteiger partial charge in [-0.25, -0.2) is 0 Å². The minimum atomic E-state index is -0.275. The molecule has 2 aliphatic heterocycles. The Morgan fingerprint density at radius 1 is 1.10 bits per heavy atom. The number of aliphatic hydroxyl groups is 1. The van der Waals surface area contributed by atoms with Crippen molar-refractivity contribution in [3.05, 3.63) is 0 Å². The highest BCUT2D eigenvalue weighted by atomic mass is 16.3. The molecule has 5 heteroatoms. The number of carbonyl (C=O) groups is 2. The van der Waals surface area contributed by atoms with Crippen LogP contribution in [0.3, 0.4) is 0 Å². The molecule has 2 heterocycles. The second-order valence-electron chi connectivity index (χ2n) is 5.91. The Kier molecular flexibility index (Phi) is 5.40. The van der Waals surface area contributed by atoms with Crippen molar-refractivity contribution in [3.8, 4) is 0 Å². The Morgan fingerprint density at radius 2 is 1.80 bits per heavy atom. The van der Waals surface area contributed by atoms with Crippen molar-refractivity contribution in [1.29, 1.82) is 0 Å². The fourth-order valence-electron chi connectivity index (χ4n) is 3.14. The summed E-state index contributed by atoms with van der Waals surface area (Å²) in [5.74, 6) is 0.198. The molecule has 0 aliphatic carbocycles. The zero-order valence-electron chi connectivity index (χ0n) is 12.4. The summed E-state index contributed by atoms with van der Waals surface area (Å²) in [5.41, 5.74) is 0. The van der Waals surface area contributed by atoms with Crippen LogP contribution in [0, 0.1) is 0 Å². The standard InChI is InChI=1S/C15H26N2O3/c1-2-5-14(19)17-9-4-3-6-13(17)15(20)16-10-7-12(18)8-11-16/h12-13,18H,2-11H2,1H3. The highest BCUT2D eigenvalue weighted by Gasteiger charge is 2.35. The summed E-state index contributed by atoms with van der Waals surface area (Å²) in [7, 11) is 0. The average molecular weight is 282 g/mol. The van der Waals surface area contributed by atoms with Gasteiger partial charge in [0.15, 0.2) is 0 Å². The molecule has 20 heavy (non-hydrogen) atoms. The number of hydrogen-bond acceptors (Lipinski definition) is 3. The van der Waals surface area contributed by atoms with E-state index in [2.05, 4.69) is 0 Å². The fourth-order valence-corrected chi connectivity index (χ4v) is 3.14. The highest BCUT2D eigenvalue weighted by molar-refractivity contribution is 5.88. The van der Waals surface area contributed by atoms with Gasteiger partial charge in [0, 0.05) is 26.1 Å². The van der Waals surface area contributed by atoms with Crippen molar-refractivity contribution in [3.63, 3.8) is 0 Å². The van der Waals surface area contributed by atoms with Gasteiger partial charge in [-0.15, -0.1) is 0 Å². The third-order valence-electron chi connectivity index (χ3n) is 4.35. The van der Waals surface area contributed by atoms with Crippen LogP contribution in [-0.2, 0) is 9.59 Å². The van der Waals surface area contributed by atoms with Crippen LogP contribution in [0.4, 0.5) is 0 Å². The molecule has 5 nitrogen and oxygen atoms in total. The van der Waals surface area contributed by atoms with Gasteiger partial charge in [0.1, 0.15) is 6.04 Å². The molecule has 1 atom stereocenters. The zero-order valence-corrected chi connectivity index (χ0v) is 12.4. The number of amides is 2. The zero-order chi connectivity index (χ0) is 14.5. The normalized spacial score (nSPS) is 24.8. The number of likely N-dealkylation sites (tertiary alicyclic amines) is 2. The predicted molar refractivity (Wildman–Crippen MR) is 76.1 cm³/mol. The van der Waals surface area contributed by atoms with Crippen LogP contribution in [0.15, 0.2) is 0 Å². The first kappa shape index (κ1) is 15.3. The van der Waals surface area contributed by atoms with Crippen molar-refractivity contribution in [2.24, 2.45) is 0 Å². The van der Waals surface area contributed by atoms with Crippen LogP contribution in [0.5, 0.6) is 0 Å². The molecule has 0 aromatic heterocycles. The molecule has 1 N–H and O–H groups in total. The van der Waals surface area contributed by atoms with Gasteiger partial charge in [-0.3, -0.25) is 9.59 Å². The van der Waals surface area contributed by atoms with Crippen molar-refractivity contribution in [1.82, 2.24) is 9.80 Å². The van der Waals surface area contributed by atoms with E-state index >= 15 is 0 Å². The molecule has 2 aliphatic rings. The molecule has 2 amide bonds. The predicted octanol–water partition coefficient (Wildman–Crippen LogP) is 1.15. The van der Waals surface area contributed by atoms with E-state index in [0.717, 1.165) is 25.7 Å². The first-order valence-corrected chi connectivity index (χ1v) is 7.89. The number of carbonyl (C=O) groups excluding carboxylic acids is 2. The summed E-state index contributed by atoms with van der Waals surface area (Å²) < 4.78 is 0. The van der Waals surface area contributed by atoms with E-state index in [9.17, 15) is 14.7 Å². The van der Waals surface area contributed by atoms with Gasteiger partial charge in [-0.2, -0.15) is 0 Å². The maximum Gasteiger partial charge on any atom is 0.245 e. The summed E-state index contributed by atoms with van der Waals surface area (Å²) in [6, 6.07) is -0.266. The van der Waals surface area contributed by atoms with Gasteiger partial charge in [-0.1, -0.05) is 6.92 Å². The van der Waals surface area contributed by atoms with Crippen LogP contribution in [0.2, 0.25) is 0 Å². The summed E-state index contributed by atoms with van der Waals surface area (Å²) in [6.45, 7) is 3.94. The smallest absolute Gasteiger partial charge is 0.245 e. The topological polar surface area (TPSA) is 60.9 Å². The van der Waals surface area contributed by atoms with E-state index in [4.69, 9.17) is 0 Å². The third kappa shape index (κ3) is 3.51. The third-order valence-corrected chi connectivity index (χ3v) is 4.35. The fraction of sp³-hybridized carbons (Fsp3) is 0.867. The lowest BCUT2D eigenvalue weighted by molar-refractivity contribution is -0.149. The summed E-state index contributed by atoms with van der Waals surface area (Å²) in [5, 5.41) is 9.53. The van der Waals surface area contributed by atoms with E-state index in [1.165, 1.54) is 0 Å². The second-order valence-corrected chi connectivity index (χ2v) is 5.91. The molecule has 0 aromatic rings. The van der Waals surface area contributed by atoms with Crippen LogP contribution >= 0.6 is 0 Å². The number of piperidine rings is 2. The molecule has 0 radical (unpaired) electrons. The molecule has 2 saturated heterocycles. The van der Waals surface area contributed by atoms with Gasteiger partial charge in [0.25, 0.3) is 0 Å². The minimum Gasteiger partial charge on any atom is -0.393 e. The summed E-state index contributed by atoms with van der Waals surface area (Å²) in [6.07, 6.45) is 5.19. The van der Waals surface area contributed by atoms with Crippen LogP contribution in [0.25, 0.3) is 0 Å². The van der Waals surface area contributed by atoms with E-state index < -0.39 is 0 Å². The SMILES string of the molecule is CCCC(=O)N1CCCCC1C(=O)N1CCC(O)CC1. The lowest BCUT2D eigenvalue weighted by atomic mass is 9.98. The van der Waals surface area contributed by atoms with Crippen LogP contribution in [0.1, 0.15) is 51.9 Å². The number of nitrogens with zero attached hydrogens (tertiary/aromatic N) is 2. The lowest BCUT2D eigenvalue weighted by Gasteiger charge is -2.39. The molecule has 2 rings (SSSR count).